The van der Waals surface area contributed by atoms with Crippen LogP contribution >= 0.6 is 0 Å². The third kappa shape index (κ3) is 4.10. The predicted octanol–water partition coefficient (Wildman–Crippen LogP) is 2.09. The Morgan fingerprint density at radius 1 is 1.25 bits per heavy atom. The maximum atomic E-state index is 13.3. The van der Waals surface area contributed by atoms with E-state index in [1.54, 1.807) is 18.5 Å². The number of hydrogen-bond donors (Lipinski definition) is 2. The van der Waals surface area contributed by atoms with Crippen LogP contribution in [0.3, 0.4) is 0 Å². The van der Waals surface area contributed by atoms with Gasteiger partial charge in [-0.2, -0.15) is 0 Å². The molecule has 1 heterocycles. The molecular weight excluding hydrogens is 264 g/mol. The minimum atomic E-state index is -0.800. The number of carbonyl (C=O) groups excluding carboxylic acids is 1. The van der Waals surface area contributed by atoms with Crippen LogP contribution in [0, 0.1) is 11.6 Å². The molecule has 2 rings (SSSR count). The van der Waals surface area contributed by atoms with Crippen molar-refractivity contribution in [1.82, 2.24) is 10.3 Å². The van der Waals surface area contributed by atoms with Crippen molar-refractivity contribution in [2.45, 2.75) is 6.54 Å². The monoisotopic (exact) mass is 277 g/mol. The van der Waals surface area contributed by atoms with Crippen LogP contribution in [-0.2, 0) is 11.3 Å². The number of halogens is 2. The summed E-state index contributed by atoms with van der Waals surface area (Å²) < 4.78 is 26.0. The highest BCUT2D eigenvalue weighted by atomic mass is 19.1. The largest absolute Gasteiger partial charge is 0.322 e. The van der Waals surface area contributed by atoms with Crippen molar-refractivity contribution >= 4 is 11.6 Å². The molecule has 0 saturated heterocycles. The summed E-state index contributed by atoms with van der Waals surface area (Å²) in [5.41, 5.74) is 0.896. The Kier molecular flexibility index (Phi) is 4.73. The van der Waals surface area contributed by atoms with Gasteiger partial charge in [0, 0.05) is 25.0 Å². The molecule has 2 N–H and O–H groups in total. The van der Waals surface area contributed by atoms with Crippen molar-refractivity contribution in [3.63, 3.8) is 0 Å². The van der Waals surface area contributed by atoms with Crippen LogP contribution in [0.15, 0.2) is 42.7 Å². The fraction of sp³-hybridized carbons (Fsp3) is 0.143. The molecule has 0 bridgehead atoms. The smallest absolute Gasteiger partial charge is 0.238 e. The first kappa shape index (κ1) is 14.1. The summed E-state index contributed by atoms with van der Waals surface area (Å²) in [5.74, 6) is -1.89. The SMILES string of the molecule is O=C(CNCc1cccnc1)Nc1ccc(F)cc1F. The first-order valence-corrected chi connectivity index (χ1v) is 5.99. The molecule has 0 spiro atoms. The lowest BCUT2D eigenvalue weighted by Crippen LogP contribution is -2.28. The van der Waals surface area contributed by atoms with Crippen LogP contribution in [0.4, 0.5) is 14.5 Å². The van der Waals surface area contributed by atoms with Crippen molar-refractivity contribution in [3.8, 4) is 0 Å². The molecule has 0 fully saturated rings. The number of nitrogens with zero attached hydrogens (tertiary/aromatic N) is 1. The van der Waals surface area contributed by atoms with E-state index >= 15 is 0 Å². The van der Waals surface area contributed by atoms with Crippen LogP contribution in [0.25, 0.3) is 0 Å². The van der Waals surface area contributed by atoms with Crippen LogP contribution in [0.1, 0.15) is 5.56 Å². The summed E-state index contributed by atoms with van der Waals surface area (Å²) in [7, 11) is 0. The van der Waals surface area contributed by atoms with Gasteiger partial charge in [0.15, 0.2) is 0 Å². The van der Waals surface area contributed by atoms with Crippen LogP contribution < -0.4 is 10.6 Å². The van der Waals surface area contributed by atoms with E-state index in [0.29, 0.717) is 6.54 Å². The number of anilines is 1. The number of amides is 1. The zero-order valence-electron chi connectivity index (χ0n) is 10.6. The third-order valence-corrected chi connectivity index (χ3v) is 2.54. The molecule has 0 aliphatic heterocycles. The van der Waals surface area contributed by atoms with Gasteiger partial charge in [-0.05, 0) is 23.8 Å². The molecular formula is C14H13F2N3O. The van der Waals surface area contributed by atoms with Gasteiger partial charge < -0.3 is 10.6 Å². The Balaban J connectivity index is 1.81. The molecule has 2 aromatic rings. The van der Waals surface area contributed by atoms with E-state index in [0.717, 1.165) is 17.7 Å². The Labute approximate surface area is 114 Å². The highest BCUT2D eigenvalue weighted by Crippen LogP contribution is 2.14. The summed E-state index contributed by atoms with van der Waals surface area (Å²) in [6.45, 7) is 0.499. The number of aromatic nitrogens is 1. The molecule has 1 aromatic heterocycles. The molecule has 0 atom stereocenters. The van der Waals surface area contributed by atoms with Crippen LogP contribution in [0.2, 0.25) is 0 Å². The predicted molar refractivity (Wildman–Crippen MR) is 70.9 cm³/mol. The molecule has 0 unspecified atom stereocenters. The maximum absolute atomic E-state index is 13.3. The Bertz CT molecular complexity index is 590. The Hall–Kier alpha value is -2.34. The van der Waals surface area contributed by atoms with Gasteiger partial charge in [0.1, 0.15) is 11.6 Å². The van der Waals surface area contributed by atoms with E-state index < -0.39 is 17.5 Å². The number of rotatable bonds is 5. The summed E-state index contributed by atoms with van der Waals surface area (Å²) in [4.78, 5) is 15.5. The molecule has 0 radical (unpaired) electrons. The van der Waals surface area contributed by atoms with Gasteiger partial charge >= 0.3 is 0 Å². The fourth-order valence-corrected chi connectivity index (χ4v) is 1.61. The highest BCUT2D eigenvalue weighted by Gasteiger charge is 2.07. The molecule has 4 nitrogen and oxygen atoms in total. The van der Waals surface area contributed by atoms with Gasteiger partial charge in [-0.1, -0.05) is 6.07 Å². The second kappa shape index (κ2) is 6.72. The minimum absolute atomic E-state index is 0.0196. The quantitative estimate of drug-likeness (QED) is 0.880. The molecule has 6 heteroatoms. The Morgan fingerprint density at radius 2 is 2.10 bits per heavy atom. The highest BCUT2D eigenvalue weighted by molar-refractivity contribution is 5.92. The van der Waals surface area contributed by atoms with E-state index in [2.05, 4.69) is 15.6 Å². The first-order valence-electron chi connectivity index (χ1n) is 5.99. The van der Waals surface area contributed by atoms with E-state index in [4.69, 9.17) is 0 Å². The Morgan fingerprint density at radius 3 is 2.80 bits per heavy atom. The van der Waals surface area contributed by atoms with Crippen molar-refractivity contribution in [2.75, 3.05) is 11.9 Å². The van der Waals surface area contributed by atoms with Crippen LogP contribution in [0.5, 0.6) is 0 Å². The standard InChI is InChI=1S/C14H13F2N3O/c15-11-3-4-13(12(16)6-11)19-14(20)9-18-8-10-2-1-5-17-7-10/h1-7,18H,8-9H2,(H,19,20). The van der Waals surface area contributed by atoms with Gasteiger partial charge in [-0.3, -0.25) is 9.78 Å². The minimum Gasteiger partial charge on any atom is -0.322 e. The summed E-state index contributed by atoms with van der Waals surface area (Å²) in [5, 5.41) is 5.27. The topological polar surface area (TPSA) is 54.0 Å². The lowest BCUT2D eigenvalue weighted by atomic mass is 10.3. The van der Waals surface area contributed by atoms with E-state index in [1.165, 1.54) is 6.07 Å². The molecule has 1 aromatic carbocycles. The number of nitrogens with one attached hydrogen (secondary N) is 2. The van der Waals surface area contributed by atoms with E-state index in [-0.39, 0.29) is 12.2 Å². The van der Waals surface area contributed by atoms with Crippen molar-refractivity contribution in [2.24, 2.45) is 0 Å². The van der Waals surface area contributed by atoms with Gasteiger partial charge in [-0.25, -0.2) is 8.78 Å². The summed E-state index contributed by atoms with van der Waals surface area (Å²) in [6.07, 6.45) is 3.35. The van der Waals surface area contributed by atoms with Gasteiger partial charge in [-0.15, -0.1) is 0 Å². The maximum Gasteiger partial charge on any atom is 0.238 e. The third-order valence-electron chi connectivity index (χ3n) is 2.54. The number of pyridine rings is 1. The number of benzene rings is 1. The molecule has 0 aliphatic rings. The molecule has 0 saturated carbocycles. The average molecular weight is 277 g/mol. The van der Waals surface area contributed by atoms with Gasteiger partial charge in [0.05, 0.1) is 12.2 Å². The summed E-state index contributed by atoms with van der Waals surface area (Å²) >= 11 is 0. The molecule has 0 aliphatic carbocycles. The average Bonchev–Trinajstić information content (AvgIpc) is 2.43. The zero-order valence-corrected chi connectivity index (χ0v) is 10.6. The lowest BCUT2D eigenvalue weighted by molar-refractivity contribution is -0.115. The number of carbonyl (C=O) groups is 1. The van der Waals surface area contributed by atoms with Crippen LogP contribution in [-0.4, -0.2) is 17.4 Å². The molecule has 20 heavy (non-hydrogen) atoms. The molecule has 1 amide bonds. The second-order valence-corrected chi connectivity index (χ2v) is 4.14. The number of hydrogen-bond acceptors (Lipinski definition) is 3. The van der Waals surface area contributed by atoms with Crippen molar-refractivity contribution < 1.29 is 13.6 Å². The van der Waals surface area contributed by atoms with Gasteiger partial charge in [0.2, 0.25) is 5.91 Å². The molecule has 104 valence electrons. The fourth-order valence-electron chi connectivity index (χ4n) is 1.61. The zero-order chi connectivity index (χ0) is 14.4. The van der Waals surface area contributed by atoms with E-state index in [1.807, 2.05) is 6.07 Å². The van der Waals surface area contributed by atoms with Gasteiger partial charge in [0.25, 0.3) is 0 Å². The normalized spacial score (nSPS) is 10.3. The summed E-state index contributed by atoms with van der Waals surface area (Å²) in [6, 6.07) is 6.66. The lowest BCUT2D eigenvalue weighted by Gasteiger charge is -2.07. The second-order valence-electron chi connectivity index (χ2n) is 4.14. The van der Waals surface area contributed by atoms with E-state index in [9.17, 15) is 13.6 Å². The van der Waals surface area contributed by atoms with Crippen molar-refractivity contribution in [3.05, 3.63) is 59.9 Å². The van der Waals surface area contributed by atoms with Crippen molar-refractivity contribution in [1.29, 1.82) is 0 Å². The first-order chi connectivity index (χ1) is 9.65.